The maximum atomic E-state index is 12.0. The van der Waals surface area contributed by atoms with E-state index in [0.717, 1.165) is 19.4 Å². The summed E-state index contributed by atoms with van der Waals surface area (Å²) in [5.74, 6) is 1.38. The highest BCUT2D eigenvalue weighted by molar-refractivity contribution is 8.00. The first-order valence-corrected chi connectivity index (χ1v) is 8.13. The summed E-state index contributed by atoms with van der Waals surface area (Å²) in [4.78, 5) is 12.0. The molecule has 1 aliphatic heterocycles. The Morgan fingerprint density at radius 3 is 2.72 bits per heavy atom. The summed E-state index contributed by atoms with van der Waals surface area (Å²) in [7, 11) is 0. The lowest BCUT2D eigenvalue weighted by atomic mass is 10.1. The number of rotatable bonds is 7. The summed E-state index contributed by atoms with van der Waals surface area (Å²) in [6.07, 6.45) is 4.71. The third kappa shape index (κ3) is 5.19. The van der Waals surface area contributed by atoms with Crippen LogP contribution in [0.15, 0.2) is 0 Å². The van der Waals surface area contributed by atoms with Crippen LogP contribution in [0.25, 0.3) is 0 Å². The Bertz CT molecular complexity index is 265. The normalized spacial score (nSPS) is 26.9. The van der Waals surface area contributed by atoms with Crippen molar-refractivity contribution in [1.29, 1.82) is 0 Å². The fourth-order valence-corrected chi connectivity index (χ4v) is 3.57. The van der Waals surface area contributed by atoms with Crippen LogP contribution in [-0.4, -0.2) is 35.0 Å². The standard InChI is InChI=1S/C14H28N2OS/c1-5-7-11(2)16-13(17)12(3)15-10-14(4)8-6-9-18-14/h11-12,15H,5-10H2,1-4H3,(H,16,17). The van der Waals surface area contributed by atoms with Crippen LogP contribution in [0.2, 0.25) is 0 Å². The number of amides is 1. The van der Waals surface area contributed by atoms with E-state index in [9.17, 15) is 4.79 Å². The van der Waals surface area contributed by atoms with E-state index in [0.29, 0.717) is 4.75 Å². The van der Waals surface area contributed by atoms with Gasteiger partial charge in [-0.3, -0.25) is 4.79 Å². The zero-order valence-electron chi connectivity index (χ0n) is 12.2. The Morgan fingerprint density at radius 1 is 1.44 bits per heavy atom. The third-order valence-corrected chi connectivity index (χ3v) is 5.12. The molecule has 3 nitrogen and oxygen atoms in total. The highest BCUT2D eigenvalue weighted by Crippen LogP contribution is 2.36. The molecule has 0 aliphatic carbocycles. The second kappa shape index (κ2) is 7.39. The fourth-order valence-electron chi connectivity index (χ4n) is 2.31. The molecule has 0 spiro atoms. The van der Waals surface area contributed by atoms with Crippen LogP contribution < -0.4 is 10.6 Å². The number of hydrogen-bond donors (Lipinski definition) is 2. The van der Waals surface area contributed by atoms with Gasteiger partial charge in [0.05, 0.1) is 6.04 Å². The molecule has 3 unspecified atom stereocenters. The SMILES string of the molecule is CCCC(C)NC(=O)C(C)NCC1(C)CCCS1. The number of hydrogen-bond acceptors (Lipinski definition) is 3. The summed E-state index contributed by atoms with van der Waals surface area (Å²) >= 11 is 2.03. The minimum atomic E-state index is -0.0951. The highest BCUT2D eigenvalue weighted by Gasteiger charge is 2.30. The monoisotopic (exact) mass is 272 g/mol. The topological polar surface area (TPSA) is 41.1 Å². The molecule has 0 bridgehead atoms. The molecule has 1 rings (SSSR count). The lowest BCUT2D eigenvalue weighted by Crippen LogP contribution is -2.48. The smallest absolute Gasteiger partial charge is 0.237 e. The Hall–Kier alpha value is -0.220. The average Bonchev–Trinajstić information content (AvgIpc) is 2.74. The minimum absolute atomic E-state index is 0.0951. The van der Waals surface area contributed by atoms with Gasteiger partial charge in [0.25, 0.3) is 0 Å². The van der Waals surface area contributed by atoms with Gasteiger partial charge >= 0.3 is 0 Å². The van der Waals surface area contributed by atoms with E-state index >= 15 is 0 Å². The predicted molar refractivity (Wildman–Crippen MR) is 80.1 cm³/mol. The first kappa shape index (κ1) is 15.8. The van der Waals surface area contributed by atoms with Crippen molar-refractivity contribution in [3.8, 4) is 0 Å². The summed E-state index contributed by atoms with van der Waals surface area (Å²) in [6.45, 7) is 9.39. The number of carbonyl (C=O) groups excluding carboxylic acids is 1. The molecule has 1 heterocycles. The quantitative estimate of drug-likeness (QED) is 0.748. The number of nitrogens with one attached hydrogen (secondary N) is 2. The van der Waals surface area contributed by atoms with Gasteiger partial charge in [-0.05, 0) is 45.8 Å². The molecule has 0 aromatic carbocycles. The third-order valence-electron chi connectivity index (χ3n) is 3.59. The molecular weight excluding hydrogens is 244 g/mol. The Labute approximate surface area is 116 Å². The molecule has 1 aliphatic rings. The van der Waals surface area contributed by atoms with Crippen LogP contribution >= 0.6 is 11.8 Å². The molecule has 18 heavy (non-hydrogen) atoms. The largest absolute Gasteiger partial charge is 0.352 e. The van der Waals surface area contributed by atoms with Gasteiger partial charge in [0, 0.05) is 17.3 Å². The van der Waals surface area contributed by atoms with Crippen molar-refractivity contribution in [3.63, 3.8) is 0 Å². The maximum Gasteiger partial charge on any atom is 0.237 e. The lowest BCUT2D eigenvalue weighted by molar-refractivity contribution is -0.123. The van der Waals surface area contributed by atoms with E-state index in [1.54, 1.807) is 0 Å². The van der Waals surface area contributed by atoms with Gasteiger partial charge in [0.1, 0.15) is 0 Å². The molecule has 1 amide bonds. The van der Waals surface area contributed by atoms with Gasteiger partial charge in [-0.1, -0.05) is 13.3 Å². The Kier molecular flexibility index (Phi) is 6.50. The van der Waals surface area contributed by atoms with E-state index in [1.165, 1.54) is 18.6 Å². The van der Waals surface area contributed by atoms with Gasteiger partial charge in [0.2, 0.25) is 5.91 Å². The van der Waals surface area contributed by atoms with Crippen molar-refractivity contribution >= 4 is 17.7 Å². The number of thioether (sulfide) groups is 1. The molecule has 0 saturated carbocycles. The zero-order valence-corrected chi connectivity index (χ0v) is 13.0. The predicted octanol–water partition coefficient (Wildman–Crippen LogP) is 2.56. The molecule has 2 N–H and O–H groups in total. The molecule has 0 aromatic heterocycles. The summed E-state index contributed by atoms with van der Waals surface area (Å²) in [5.41, 5.74) is 0. The second-order valence-electron chi connectivity index (χ2n) is 5.70. The molecular formula is C14H28N2OS. The van der Waals surface area contributed by atoms with Gasteiger partial charge in [0.15, 0.2) is 0 Å². The second-order valence-corrected chi connectivity index (χ2v) is 7.39. The Morgan fingerprint density at radius 2 is 2.17 bits per heavy atom. The van der Waals surface area contributed by atoms with Gasteiger partial charge < -0.3 is 10.6 Å². The maximum absolute atomic E-state index is 12.0. The highest BCUT2D eigenvalue weighted by atomic mass is 32.2. The van der Waals surface area contributed by atoms with E-state index in [-0.39, 0.29) is 18.0 Å². The van der Waals surface area contributed by atoms with E-state index in [1.807, 2.05) is 18.7 Å². The lowest BCUT2D eigenvalue weighted by Gasteiger charge is -2.26. The fraction of sp³-hybridized carbons (Fsp3) is 0.929. The van der Waals surface area contributed by atoms with E-state index in [4.69, 9.17) is 0 Å². The van der Waals surface area contributed by atoms with Crippen molar-refractivity contribution in [2.45, 2.75) is 70.2 Å². The summed E-state index contributed by atoms with van der Waals surface area (Å²) in [5, 5.41) is 6.44. The van der Waals surface area contributed by atoms with Crippen LogP contribution in [0.3, 0.4) is 0 Å². The van der Waals surface area contributed by atoms with Crippen molar-refractivity contribution in [3.05, 3.63) is 0 Å². The molecule has 3 atom stereocenters. The molecule has 1 saturated heterocycles. The van der Waals surface area contributed by atoms with Gasteiger partial charge in [-0.2, -0.15) is 11.8 Å². The van der Waals surface area contributed by atoms with Crippen molar-refractivity contribution < 1.29 is 4.79 Å². The van der Waals surface area contributed by atoms with Crippen LogP contribution in [0, 0.1) is 0 Å². The molecule has 1 fully saturated rings. The van der Waals surface area contributed by atoms with E-state index in [2.05, 4.69) is 31.4 Å². The average molecular weight is 272 g/mol. The van der Waals surface area contributed by atoms with Crippen LogP contribution in [0.5, 0.6) is 0 Å². The zero-order chi connectivity index (χ0) is 13.6. The van der Waals surface area contributed by atoms with Crippen molar-refractivity contribution in [2.24, 2.45) is 0 Å². The summed E-state index contributed by atoms with van der Waals surface area (Å²) in [6, 6.07) is 0.186. The number of carbonyl (C=O) groups is 1. The first-order valence-electron chi connectivity index (χ1n) is 7.14. The van der Waals surface area contributed by atoms with Gasteiger partial charge in [-0.15, -0.1) is 0 Å². The first-order chi connectivity index (χ1) is 8.47. The molecule has 0 radical (unpaired) electrons. The van der Waals surface area contributed by atoms with Crippen LogP contribution in [0.1, 0.15) is 53.4 Å². The van der Waals surface area contributed by atoms with Crippen molar-refractivity contribution in [2.75, 3.05) is 12.3 Å². The summed E-state index contributed by atoms with van der Waals surface area (Å²) < 4.78 is 0.323. The molecule has 0 aromatic rings. The van der Waals surface area contributed by atoms with Crippen LogP contribution in [-0.2, 0) is 4.79 Å². The minimum Gasteiger partial charge on any atom is -0.352 e. The van der Waals surface area contributed by atoms with E-state index < -0.39 is 0 Å². The van der Waals surface area contributed by atoms with Gasteiger partial charge in [-0.25, -0.2) is 0 Å². The van der Waals surface area contributed by atoms with Crippen LogP contribution in [0.4, 0.5) is 0 Å². The molecule has 4 heteroatoms. The van der Waals surface area contributed by atoms with Crippen molar-refractivity contribution in [1.82, 2.24) is 10.6 Å². The Balaban J connectivity index is 2.27. The molecule has 106 valence electrons.